The van der Waals surface area contributed by atoms with Gasteiger partial charge in [0, 0.05) is 64.7 Å². The normalized spacial score (nSPS) is 18.0. The van der Waals surface area contributed by atoms with Crippen molar-refractivity contribution in [1.29, 1.82) is 0 Å². The van der Waals surface area contributed by atoms with E-state index in [1.165, 1.54) is 5.69 Å². The number of aliphatic imine (C=N–C) groups is 1. The number of hydrogen-bond acceptors (Lipinski definition) is 3. The molecule has 7 nitrogen and oxygen atoms in total. The van der Waals surface area contributed by atoms with Crippen molar-refractivity contribution < 1.29 is 4.79 Å². The van der Waals surface area contributed by atoms with E-state index in [-0.39, 0.29) is 11.9 Å². The Morgan fingerprint density at radius 1 is 1.41 bits per heavy atom. The van der Waals surface area contributed by atoms with E-state index in [0.717, 1.165) is 55.9 Å². The summed E-state index contributed by atoms with van der Waals surface area (Å²) in [6.07, 6.45) is 5.12. The fraction of sp³-hybridized carbons (Fsp3) is 0.684. The number of carbonyl (C=O) groups excluding carboxylic acids is 1. The number of likely N-dealkylation sites (N-methyl/N-ethyl adjacent to an activating group) is 1. The average Bonchev–Trinajstić information content (AvgIpc) is 3.20. The predicted molar refractivity (Wildman–Crippen MR) is 114 cm³/mol. The van der Waals surface area contributed by atoms with E-state index in [9.17, 15) is 4.79 Å². The second-order valence-electron chi connectivity index (χ2n) is 7.37. The van der Waals surface area contributed by atoms with Crippen LogP contribution >= 0.6 is 15.9 Å². The van der Waals surface area contributed by atoms with E-state index >= 15 is 0 Å². The van der Waals surface area contributed by atoms with E-state index in [1.54, 1.807) is 4.90 Å². The van der Waals surface area contributed by atoms with Gasteiger partial charge < -0.3 is 19.7 Å². The topological polar surface area (TPSA) is 56.1 Å². The minimum absolute atomic E-state index is 0.0535. The van der Waals surface area contributed by atoms with E-state index in [1.807, 2.05) is 35.2 Å². The molecule has 0 radical (unpaired) electrons. The van der Waals surface area contributed by atoms with Gasteiger partial charge in [0.25, 0.3) is 0 Å². The number of hydrogen-bond donors (Lipinski definition) is 1. The first-order chi connectivity index (χ1) is 12.8. The highest BCUT2D eigenvalue weighted by Gasteiger charge is 2.30. The maximum atomic E-state index is 12.3. The maximum absolute atomic E-state index is 12.3. The molecule has 1 amide bonds. The average molecular weight is 441 g/mol. The van der Waals surface area contributed by atoms with Gasteiger partial charge in [0.15, 0.2) is 5.96 Å². The Balaban J connectivity index is 1.77. The number of guanidine groups is 1. The molecular weight excluding hydrogens is 408 g/mol. The van der Waals surface area contributed by atoms with E-state index < -0.39 is 0 Å². The number of rotatable bonds is 7. The highest BCUT2D eigenvalue weighted by Crippen LogP contribution is 2.19. The van der Waals surface area contributed by atoms with Gasteiger partial charge in [0.05, 0.1) is 12.6 Å². The molecule has 0 spiro atoms. The van der Waals surface area contributed by atoms with Crippen molar-refractivity contribution in [2.45, 2.75) is 31.8 Å². The van der Waals surface area contributed by atoms with Crippen LogP contribution in [0.15, 0.2) is 21.7 Å². The van der Waals surface area contributed by atoms with Gasteiger partial charge in [0.2, 0.25) is 5.91 Å². The highest BCUT2D eigenvalue weighted by atomic mass is 79.9. The number of aryl methyl sites for hydroxylation is 1. The van der Waals surface area contributed by atoms with Gasteiger partial charge in [-0.15, -0.1) is 0 Å². The molecule has 2 rings (SSSR count). The molecule has 27 heavy (non-hydrogen) atoms. The molecule has 1 aliphatic rings. The van der Waals surface area contributed by atoms with Crippen molar-refractivity contribution in [3.63, 3.8) is 0 Å². The molecule has 1 aromatic heterocycles. The lowest BCUT2D eigenvalue weighted by atomic mass is 10.2. The summed E-state index contributed by atoms with van der Waals surface area (Å²) in [6.45, 7) is 3.57. The zero-order valence-electron chi connectivity index (χ0n) is 17.2. The third kappa shape index (κ3) is 5.97. The molecule has 1 N–H and O–H groups in total. The maximum Gasteiger partial charge on any atom is 0.239 e. The van der Waals surface area contributed by atoms with Crippen molar-refractivity contribution in [3.05, 3.63) is 22.4 Å². The van der Waals surface area contributed by atoms with Crippen LogP contribution in [0.1, 0.15) is 25.0 Å². The summed E-state index contributed by atoms with van der Waals surface area (Å²) in [4.78, 5) is 22.8. The molecule has 1 unspecified atom stereocenters. The van der Waals surface area contributed by atoms with Crippen LogP contribution < -0.4 is 5.32 Å². The molecule has 1 aromatic rings. The first-order valence-corrected chi connectivity index (χ1v) is 10.3. The molecule has 1 aliphatic heterocycles. The van der Waals surface area contributed by atoms with Crippen LogP contribution in [0.3, 0.4) is 0 Å². The number of aromatic nitrogens is 1. The first-order valence-electron chi connectivity index (χ1n) is 9.51. The van der Waals surface area contributed by atoms with Crippen molar-refractivity contribution in [2.24, 2.45) is 12.0 Å². The third-order valence-corrected chi connectivity index (χ3v) is 5.48. The molecule has 0 aromatic carbocycles. The summed E-state index contributed by atoms with van der Waals surface area (Å²) < 4.78 is 3.20. The molecule has 1 atom stereocenters. The number of amides is 1. The number of halogens is 1. The molecule has 0 aliphatic carbocycles. The lowest BCUT2D eigenvalue weighted by Gasteiger charge is -2.26. The minimum atomic E-state index is 0.0535. The van der Waals surface area contributed by atoms with Crippen LogP contribution in [0, 0.1) is 0 Å². The van der Waals surface area contributed by atoms with Crippen molar-refractivity contribution in [2.75, 3.05) is 47.8 Å². The number of likely N-dealkylation sites (tertiary alicyclic amines) is 1. The Hall–Kier alpha value is -1.54. The molecular formula is C19H33BrN6O. The summed E-state index contributed by atoms with van der Waals surface area (Å²) in [5, 5.41) is 3.44. The molecule has 1 saturated heterocycles. The quantitative estimate of drug-likeness (QED) is 0.398. The summed E-state index contributed by atoms with van der Waals surface area (Å²) in [5.74, 6) is 1.11. The zero-order valence-corrected chi connectivity index (χ0v) is 18.8. The van der Waals surface area contributed by atoms with Gasteiger partial charge in [-0.2, -0.15) is 0 Å². The summed E-state index contributed by atoms with van der Waals surface area (Å²) in [7, 11) is 9.58. The minimum Gasteiger partial charge on any atom is -0.356 e. The molecule has 8 heteroatoms. The van der Waals surface area contributed by atoms with Gasteiger partial charge in [-0.3, -0.25) is 14.7 Å². The Labute approximate surface area is 171 Å². The largest absolute Gasteiger partial charge is 0.356 e. The SMILES string of the molecule is CN=C(NCCCN1CCCC1C(=O)N(C)C)N(C)Cc1cc(Br)cn1C. The monoisotopic (exact) mass is 440 g/mol. The van der Waals surface area contributed by atoms with Crippen LogP contribution in [-0.2, 0) is 18.4 Å². The van der Waals surface area contributed by atoms with E-state index in [0.29, 0.717) is 0 Å². The Kier molecular flexibility index (Phi) is 8.16. The van der Waals surface area contributed by atoms with Crippen LogP contribution in [0.5, 0.6) is 0 Å². The molecule has 0 bridgehead atoms. The van der Waals surface area contributed by atoms with Crippen molar-refractivity contribution in [1.82, 2.24) is 24.6 Å². The fourth-order valence-electron chi connectivity index (χ4n) is 3.58. The molecule has 152 valence electrons. The first kappa shape index (κ1) is 21.8. The summed E-state index contributed by atoms with van der Waals surface area (Å²) >= 11 is 3.52. The number of nitrogens with zero attached hydrogens (tertiary/aromatic N) is 5. The van der Waals surface area contributed by atoms with Gasteiger partial charge in [-0.05, 0) is 47.8 Å². The number of nitrogens with one attached hydrogen (secondary N) is 1. The number of carbonyl (C=O) groups is 1. The van der Waals surface area contributed by atoms with Crippen LogP contribution in [-0.4, -0.2) is 85.0 Å². The van der Waals surface area contributed by atoms with Crippen LogP contribution in [0.2, 0.25) is 0 Å². The standard InChI is InChI=1S/C19H33BrN6O/c1-21-19(25(5)14-16-12-15(20)13-24(16)4)22-9-7-11-26-10-6-8-17(26)18(27)23(2)3/h12-13,17H,6-11,14H2,1-5H3,(H,21,22). The molecule has 0 saturated carbocycles. The van der Waals surface area contributed by atoms with Crippen LogP contribution in [0.25, 0.3) is 0 Å². The van der Waals surface area contributed by atoms with E-state index in [4.69, 9.17) is 0 Å². The highest BCUT2D eigenvalue weighted by molar-refractivity contribution is 9.10. The molecule has 1 fully saturated rings. The predicted octanol–water partition coefficient (Wildman–Crippen LogP) is 1.74. The fourth-order valence-corrected chi connectivity index (χ4v) is 4.15. The zero-order chi connectivity index (χ0) is 20.0. The van der Waals surface area contributed by atoms with Crippen molar-refractivity contribution in [3.8, 4) is 0 Å². The van der Waals surface area contributed by atoms with Crippen molar-refractivity contribution >= 4 is 27.8 Å². The second kappa shape index (κ2) is 10.1. The third-order valence-electron chi connectivity index (χ3n) is 5.04. The summed E-state index contributed by atoms with van der Waals surface area (Å²) in [5.41, 5.74) is 1.22. The second-order valence-corrected chi connectivity index (χ2v) is 8.29. The Bertz CT molecular complexity index is 657. The van der Waals surface area contributed by atoms with E-state index in [2.05, 4.69) is 52.9 Å². The molecule has 2 heterocycles. The Morgan fingerprint density at radius 3 is 2.74 bits per heavy atom. The smallest absolute Gasteiger partial charge is 0.239 e. The van der Waals surface area contributed by atoms with Gasteiger partial charge >= 0.3 is 0 Å². The Morgan fingerprint density at radius 2 is 2.15 bits per heavy atom. The lowest BCUT2D eigenvalue weighted by Crippen LogP contribution is -2.44. The van der Waals surface area contributed by atoms with Gasteiger partial charge in [-0.1, -0.05) is 0 Å². The van der Waals surface area contributed by atoms with Gasteiger partial charge in [0.1, 0.15) is 0 Å². The van der Waals surface area contributed by atoms with Gasteiger partial charge in [-0.25, -0.2) is 0 Å². The summed E-state index contributed by atoms with van der Waals surface area (Å²) in [6, 6.07) is 2.18. The lowest BCUT2D eigenvalue weighted by molar-refractivity contribution is -0.133. The van der Waals surface area contributed by atoms with Crippen LogP contribution in [0.4, 0.5) is 0 Å².